The number of nitrogens with one attached hydrogen (secondary N) is 2. The molecule has 0 heterocycles. The summed E-state index contributed by atoms with van der Waals surface area (Å²) in [6, 6.07) is 12.2. The summed E-state index contributed by atoms with van der Waals surface area (Å²) < 4.78 is 16.1. The number of carbonyl (C=O) groups excluding carboxylic acids is 2. The van der Waals surface area contributed by atoms with Crippen LogP contribution in [0.4, 0.5) is 5.69 Å². The van der Waals surface area contributed by atoms with Crippen molar-refractivity contribution in [3.8, 4) is 29.6 Å². The molecule has 0 aromatic heterocycles. The predicted molar refractivity (Wildman–Crippen MR) is 119 cm³/mol. The first-order valence-electron chi connectivity index (χ1n) is 9.65. The van der Waals surface area contributed by atoms with Crippen molar-refractivity contribution in [1.82, 2.24) is 5.43 Å². The van der Waals surface area contributed by atoms with Crippen molar-refractivity contribution < 1.29 is 23.8 Å². The minimum Gasteiger partial charge on any atom is -0.494 e. The topological polar surface area (TPSA) is 98.2 Å². The van der Waals surface area contributed by atoms with E-state index in [1.54, 1.807) is 42.5 Å². The summed E-state index contributed by atoms with van der Waals surface area (Å²) in [4.78, 5) is 24.0. The van der Waals surface area contributed by atoms with Gasteiger partial charge in [0, 0.05) is 24.1 Å². The van der Waals surface area contributed by atoms with Crippen LogP contribution in [-0.4, -0.2) is 38.4 Å². The van der Waals surface area contributed by atoms with Gasteiger partial charge in [0.1, 0.15) is 12.4 Å². The number of benzene rings is 2. The van der Waals surface area contributed by atoms with Crippen molar-refractivity contribution in [3.05, 3.63) is 48.0 Å². The van der Waals surface area contributed by atoms with Crippen LogP contribution in [-0.2, 0) is 9.59 Å². The van der Waals surface area contributed by atoms with Crippen LogP contribution < -0.4 is 25.0 Å². The van der Waals surface area contributed by atoms with Crippen LogP contribution >= 0.6 is 0 Å². The SMILES string of the molecule is C#CCOc1c(C=NNC(=O)CCC(=O)Nc2ccc(OCC)cc2)cccc1OC. The molecule has 0 aliphatic rings. The number of anilines is 1. The fraction of sp³-hybridized carbons (Fsp3) is 0.261. The van der Waals surface area contributed by atoms with E-state index in [0.717, 1.165) is 5.75 Å². The smallest absolute Gasteiger partial charge is 0.240 e. The molecule has 8 heteroatoms. The third kappa shape index (κ3) is 7.74. The van der Waals surface area contributed by atoms with Crippen molar-refractivity contribution in [2.75, 3.05) is 25.6 Å². The molecule has 0 aliphatic heterocycles. The van der Waals surface area contributed by atoms with Gasteiger partial charge in [0.15, 0.2) is 11.5 Å². The van der Waals surface area contributed by atoms with Gasteiger partial charge in [0.25, 0.3) is 0 Å². The van der Waals surface area contributed by atoms with Gasteiger partial charge in [-0.2, -0.15) is 5.10 Å². The van der Waals surface area contributed by atoms with Gasteiger partial charge in [-0.1, -0.05) is 12.0 Å². The van der Waals surface area contributed by atoms with Crippen molar-refractivity contribution >= 4 is 23.7 Å². The van der Waals surface area contributed by atoms with Crippen LogP contribution in [0, 0.1) is 12.3 Å². The monoisotopic (exact) mass is 423 g/mol. The van der Waals surface area contributed by atoms with Crippen LogP contribution in [0.3, 0.4) is 0 Å². The Balaban J connectivity index is 1.83. The highest BCUT2D eigenvalue weighted by molar-refractivity contribution is 5.93. The molecule has 0 unspecified atom stereocenters. The first kappa shape index (κ1) is 23.3. The molecule has 31 heavy (non-hydrogen) atoms. The van der Waals surface area contributed by atoms with Crippen LogP contribution in [0.1, 0.15) is 25.3 Å². The summed E-state index contributed by atoms with van der Waals surface area (Å²) in [5.41, 5.74) is 3.61. The Morgan fingerprint density at radius 2 is 1.84 bits per heavy atom. The predicted octanol–water partition coefficient (Wildman–Crippen LogP) is 2.97. The van der Waals surface area contributed by atoms with Crippen LogP contribution in [0.25, 0.3) is 0 Å². The number of terminal acetylenes is 1. The average Bonchev–Trinajstić information content (AvgIpc) is 2.78. The van der Waals surface area contributed by atoms with Gasteiger partial charge >= 0.3 is 0 Å². The molecular weight excluding hydrogens is 398 g/mol. The number of amides is 2. The molecule has 8 nitrogen and oxygen atoms in total. The van der Waals surface area contributed by atoms with E-state index in [-0.39, 0.29) is 25.4 Å². The molecule has 2 rings (SSSR count). The zero-order chi connectivity index (χ0) is 22.5. The number of hydrogen-bond donors (Lipinski definition) is 2. The van der Waals surface area contributed by atoms with Gasteiger partial charge < -0.3 is 19.5 Å². The number of rotatable bonds is 11. The quantitative estimate of drug-likeness (QED) is 0.329. The van der Waals surface area contributed by atoms with Gasteiger partial charge in [-0.15, -0.1) is 6.42 Å². The highest BCUT2D eigenvalue weighted by Gasteiger charge is 2.10. The highest BCUT2D eigenvalue weighted by Crippen LogP contribution is 2.29. The second-order valence-corrected chi connectivity index (χ2v) is 6.17. The molecule has 2 aromatic carbocycles. The maximum atomic E-state index is 12.0. The fourth-order valence-corrected chi connectivity index (χ4v) is 2.54. The summed E-state index contributed by atoms with van der Waals surface area (Å²) in [5.74, 6) is 3.36. The Bertz CT molecular complexity index is 949. The lowest BCUT2D eigenvalue weighted by Gasteiger charge is -2.11. The standard InChI is InChI=1S/C23H25N3O5/c1-4-15-31-23-17(7-6-8-20(23)29-3)16-24-26-22(28)14-13-21(27)25-18-9-11-19(12-10-18)30-5-2/h1,6-12,16H,5,13-15H2,2-3H3,(H,25,27)(H,26,28). The third-order valence-electron chi connectivity index (χ3n) is 3.95. The molecule has 2 aromatic rings. The minimum absolute atomic E-state index is 0.0151. The maximum absolute atomic E-state index is 12.0. The van der Waals surface area contributed by atoms with E-state index >= 15 is 0 Å². The zero-order valence-corrected chi connectivity index (χ0v) is 17.5. The molecule has 0 saturated heterocycles. The molecule has 2 amide bonds. The Labute approximate surface area is 181 Å². The number of nitrogens with zero attached hydrogens (tertiary/aromatic N) is 1. The number of para-hydroxylation sites is 1. The van der Waals surface area contributed by atoms with Crippen LogP contribution in [0.5, 0.6) is 17.2 Å². The van der Waals surface area contributed by atoms with Crippen molar-refractivity contribution in [1.29, 1.82) is 0 Å². The summed E-state index contributed by atoms with van der Waals surface area (Å²) in [6.07, 6.45) is 6.66. The van der Waals surface area contributed by atoms with E-state index in [1.807, 2.05) is 6.92 Å². The second kappa shape index (κ2) is 12.5. The molecule has 0 fully saturated rings. The molecule has 0 bridgehead atoms. The maximum Gasteiger partial charge on any atom is 0.240 e. The van der Waals surface area contributed by atoms with Gasteiger partial charge in [-0.25, -0.2) is 5.43 Å². The summed E-state index contributed by atoms with van der Waals surface area (Å²) in [7, 11) is 1.51. The molecule has 2 N–H and O–H groups in total. The molecule has 162 valence electrons. The molecule has 0 spiro atoms. The third-order valence-corrected chi connectivity index (χ3v) is 3.95. The Hall–Kier alpha value is -3.99. The van der Waals surface area contributed by atoms with Gasteiger partial charge in [0.05, 0.1) is 19.9 Å². The zero-order valence-electron chi connectivity index (χ0n) is 17.5. The highest BCUT2D eigenvalue weighted by atomic mass is 16.5. The average molecular weight is 423 g/mol. The first-order valence-corrected chi connectivity index (χ1v) is 9.65. The number of methoxy groups -OCH3 is 1. The lowest BCUT2D eigenvalue weighted by molar-refractivity contribution is -0.124. The Morgan fingerprint density at radius 3 is 2.52 bits per heavy atom. The van der Waals surface area contributed by atoms with Gasteiger partial charge in [-0.05, 0) is 43.3 Å². The van der Waals surface area contributed by atoms with Crippen molar-refractivity contribution in [2.24, 2.45) is 5.10 Å². The fourth-order valence-electron chi connectivity index (χ4n) is 2.54. The number of ether oxygens (including phenoxy) is 3. The Kier molecular flexibility index (Phi) is 9.43. The van der Waals surface area contributed by atoms with E-state index in [4.69, 9.17) is 20.6 Å². The minimum atomic E-state index is -0.396. The molecule has 0 radical (unpaired) electrons. The van der Waals surface area contributed by atoms with E-state index in [1.165, 1.54) is 13.3 Å². The molecular formula is C23H25N3O5. The summed E-state index contributed by atoms with van der Waals surface area (Å²) >= 11 is 0. The van der Waals surface area contributed by atoms with Crippen molar-refractivity contribution in [2.45, 2.75) is 19.8 Å². The lowest BCUT2D eigenvalue weighted by Crippen LogP contribution is -2.20. The van der Waals surface area contributed by atoms with Gasteiger partial charge in [-0.3, -0.25) is 9.59 Å². The normalized spacial score (nSPS) is 10.2. The van der Waals surface area contributed by atoms with Crippen LogP contribution in [0.2, 0.25) is 0 Å². The summed E-state index contributed by atoms with van der Waals surface area (Å²) in [5, 5.41) is 6.65. The van der Waals surface area contributed by atoms with Crippen molar-refractivity contribution in [3.63, 3.8) is 0 Å². The summed E-state index contributed by atoms with van der Waals surface area (Å²) in [6.45, 7) is 2.53. The van der Waals surface area contributed by atoms with E-state index in [2.05, 4.69) is 21.8 Å². The number of carbonyl (C=O) groups is 2. The van der Waals surface area contributed by atoms with Crippen LogP contribution in [0.15, 0.2) is 47.6 Å². The Morgan fingerprint density at radius 1 is 1.10 bits per heavy atom. The van der Waals surface area contributed by atoms with E-state index in [9.17, 15) is 9.59 Å². The number of hydrogen-bond acceptors (Lipinski definition) is 6. The first-order chi connectivity index (χ1) is 15.1. The molecule has 0 atom stereocenters. The van der Waals surface area contributed by atoms with E-state index < -0.39 is 5.91 Å². The lowest BCUT2D eigenvalue weighted by atomic mass is 10.2. The second-order valence-electron chi connectivity index (χ2n) is 6.17. The van der Waals surface area contributed by atoms with E-state index in [0.29, 0.717) is 29.4 Å². The largest absolute Gasteiger partial charge is 0.494 e. The molecule has 0 saturated carbocycles. The number of hydrazone groups is 1. The van der Waals surface area contributed by atoms with Gasteiger partial charge in [0.2, 0.25) is 11.8 Å². The molecule has 0 aliphatic carbocycles.